The third kappa shape index (κ3) is 6.10. The maximum absolute atomic E-state index is 12.7. The molecule has 1 amide bonds. The number of sulfonamides is 1. The van der Waals surface area contributed by atoms with Crippen LogP contribution in [-0.4, -0.2) is 32.7 Å². The summed E-state index contributed by atoms with van der Waals surface area (Å²) in [7, 11) is -3.60. The van der Waals surface area contributed by atoms with Crippen molar-refractivity contribution in [3.05, 3.63) is 65.7 Å². The number of aryl methyl sites for hydroxylation is 2. The zero-order chi connectivity index (χ0) is 20.0. The van der Waals surface area contributed by atoms with E-state index >= 15 is 0 Å². The fraction of sp³-hybridized carbons (Fsp3) is 0.381. The van der Waals surface area contributed by atoms with Crippen molar-refractivity contribution in [2.24, 2.45) is 0 Å². The van der Waals surface area contributed by atoms with E-state index in [1.165, 1.54) is 9.87 Å². The summed E-state index contributed by atoms with van der Waals surface area (Å²) in [6, 6.07) is 16.3. The zero-order valence-electron chi connectivity index (χ0n) is 16.3. The second kappa shape index (κ2) is 9.04. The highest BCUT2D eigenvalue weighted by molar-refractivity contribution is 7.92. The SMILES string of the molecule is Cc1cccc(N([C@H](C)C(=O)N[C@H](C)CCc2ccccc2)S(C)(=O)=O)c1. The van der Waals surface area contributed by atoms with E-state index in [0.717, 1.165) is 24.7 Å². The molecule has 0 heterocycles. The molecule has 0 saturated carbocycles. The molecule has 2 aromatic rings. The third-order valence-electron chi connectivity index (χ3n) is 4.44. The molecule has 0 unspecified atom stereocenters. The Bertz CT molecular complexity index is 866. The highest BCUT2D eigenvalue weighted by Crippen LogP contribution is 2.22. The molecule has 0 aliphatic heterocycles. The molecule has 5 nitrogen and oxygen atoms in total. The minimum absolute atomic E-state index is 0.0564. The average molecular weight is 389 g/mol. The van der Waals surface area contributed by atoms with Gasteiger partial charge in [0.25, 0.3) is 0 Å². The lowest BCUT2D eigenvalue weighted by Crippen LogP contribution is -2.50. The van der Waals surface area contributed by atoms with Crippen molar-refractivity contribution in [1.29, 1.82) is 0 Å². The van der Waals surface area contributed by atoms with Gasteiger partial charge in [0.2, 0.25) is 15.9 Å². The number of hydrogen-bond acceptors (Lipinski definition) is 3. The second-order valence-electron chi connectivity index (χ2n) is 7.01. The van der Waals surface area contributed by atoms with Crippen molar-refractivity contribution in [3.63, 3.8) is 0 Å². The molecule has 0 saturated heterocycles. The normalized spacial score (nSPS) is 13.6. The highest BCUT2D eigenvalue weighted by atomic mass is 32.2. The van der Waals surface area contributed by atoms with Gasteiger partial charge in [0.1, 0.15) is 6.04 Å². The van der Waals surface area contributed by atoms with E-state index < -0.39 is 16.1 Å². The number of rotatable bonds is 8. The van der Waals surface area contributed by atoms with Crippen LogP contribution < -0.4 is 9.62 Å². The minimum atomic E-state index is -3.60. The monoisotopic (exact) mass is 388 g/mol. The minimum Gasteiger partial charge on any atom is -0.352 e. The van der Waals surface area contributed by atoms with Crippen LogP contribution in [0.2, 0.25) is 0 Å². The number of benzene rings is 2. The summed E-state index contributed by atoms with van der Waals surface area (Å²) in [5.41, 5.74) is 2.64. The van der Waals surface area contributed by atoms with Gasteiger partial charge in [0.05, 0.1) is 11.9 Å². The number of hydrogen-bond donors (Lipinski definition) is 1. The van der Waals surface area contributed by atoms with Crippen molar-refractivity contribution in [2.75, 3.05) is 10.6 Å². The van der Waals surface area contributed by atoms with Gasteiger partial charge in [-0.25, -0.2) is 8.42 Å². The molecular formula is C21H28N2O3S. The molecule has 0 aliphatic carbocycles. The van der Waals surface area contributed by atoms with E-state index in [-0.39, 0.29) is 11.9 Å². The van der Waals surface area contributed by atoms with Gasteiger partial charge >= 0.3 is 0 Å². The lowest BCUT2D eigenvalue weighted by atomic mass is 10.1. The van der Waals surface area contributed by atoms with Crippen molar-refractivity contribution in [3.8, 4) is 0 Å². The number of carbonyl (C=O) groups excluding carboxylic acids is 1. The molecule has 0 spiro atoms. The van der Waals surface area contributed by atoms with Gasteiger partial charge in [-0.15, -0.1) is 0 Å². The molecule has 2 aromatic carbocycles. The quantitative estimate of drug-likeness (QED) is 0.755. The van der Waals surface area contributed by atoms with Gasteiger partial charge in [-0.05, 0) is 56.9 Å². The molecular weight excluding hydrogens is 360 g/mol. The summed E-state index contributed by atoms with van der Waals surface area (Å²) in [6.07, 6.45) is 2.76. The summed E-state index contributed by atoms with van der Waals surface area (Å²) >= 11 is 0. The molecule has 1 N–H and O–H groups in total. The molecule has 0 bridgehead atoms. The van der Waals surface area contributed by atoms with E-state index in [1.807, 2.05) is 38.1 Å². The molecule has 146 valence electrons. The summed E-state index contributed by atoms with van der Waals surface area (Å²) in [5.74, 6) is -0.303. The Morgan fingerprint density at radius 1 is 1.07 bits per heavy atom. The molecule has 6 heteroatoms. The van der Waals surface area contributed by atoms with Crippen LogP contribution in [0, 0.1) is 6.92 Å². The lowest BCUT2D eigenvalue weighted by Gasteiger charge is -2.29. The number of nitrogens with one attached hydrogen (secondary N) is 1. The van der Waals surface area contributed by atoms with Gasteiger partial charge in [-0.2, -0.15) is 0 Å². The van der Waals surface area contributed by atoms with Crippen molar-refractivity contribution >= 4 is 21.6 Å². The van der Waals surface area contributed by atoms with Crippen molar-refractivity contribution in [2.45, 2.75) is 45.7 Å². The van der Waals surface area contributed by atoms with Gasteiger partial charge < -0.3 is 5.32 Å². The summed E-state index contributed by atoms with van der Waals surface area (Å²) in [4.78, 5) is 12.7. The molecule has 0 radical (unpaired) electrons. The average Bonchev–Trinajstić information content (AvgIpc) is 2.60. The molecule has 0 aromatic heterocycles. The van der Waals surface area contributed by atoms with Gasteiger partial charge in [-0.3, -0.25) is 9.10 Å². The molecule has 0 aliphatic rings. The number of carbonyl (C=O) groups is 1. The largest absolute Gasteiger partial charge is 0.352 e. The standard InChI is InChI=1S/C21H28N2O3S/c1-16-9-8-12-20(15-16)23(27(4,25)26)18(3)21(24)22-17(2)13-14-19-10-6-5-7-11-19/h5-12,15,17-18H,13-14H2,1-4H3,(H,22,24)/t17-,18-/m1/s1. The van der Waals surface area contributed by atoms with E-state index in [1.54, 1.807) is 25.1 Å². The molecule has 27 heavy (non-hydrogen) atoms. The van der Waals surface area contributed by atoms with E-state index in [2.05, 4.69) is 17.4 Å². The predicted molar refractivity (Wildman–Crippen MR) is 110 cm³/mol. The summed E-state index contributed by atoms with van der Waals surface area (Å²) in [5, 5.41) is 2.94. The number of anilines is 1. The fourth-order valence-corrected chi connectivity index (χ4v) is 4.20. The van der Waals surface area contributed by atoms with Gasteiger partial charge in [0.15, 0.2) is 0 Å². The topological polar surface area (TPSA) is 66.5 Å². The van der Waals surface area contributed by atoms with Crippen LogP contribution in [0.25, 0.3) is 0 Å². The Hall–Kier alpha value is -2.34. The Balaban J connectivity index is 2.06. The van der Waals surface area contributed by atoms with Crippen molar-refractivity contribution < 1.29 is 13.2 Å². The fourth-order valence-electron chi connectivity index (χ4n) is 3.04. The first kappa shape index (κ1) is 21.0. The smallest absolute Gasteiger partial charge is 0.243 e. The molecule has 2 rings (SSSR count). The van der Waals surface area contributed by atoms with Crippen LogP contribution in [-0.2, 0) is 21.2 Å². The third-order valence-corrected chi connectivity index (χ3v) is 5.68. The lowest BCUT2D eigenvalue weighted by molar-refractivity contribution is -0.122. The zero-order valence-corrected chi connectivity index (χ0v) is 17.2. The first-order chi connectivity index (χ1) is 12.7. The Kier molecular flexibility index (Phi) is 7.02. The van der Waals surface area contributed by atoms with E-state index in [4.69, 9.17) is 0 Å². The van der Waals surface area contributed by atoms with Crippen LogP contribution in [0.3, 0.4) is 0 Å². The Labute approximate surface area is 162 Å². The Morgan fingerprint density at radius 2 is 1.74 bits per heavy atom. The summed E-state index contributed by atoms with van der Waals surface area (Å²) in [6.45, 7) is 5.44. The predicted octanol–water partition coefficient (Wildman–Crippen LogP) is 3.29. The van der Waals surface area contributed by atoms with Gasteiger partial charge in [-0.1, -0.05) is 42.5 Å². The number of nitrogens with zero attached hydrogens (tertiary/aromatic N) is 1. The Morgan fingerprint density at radius 3 is 2.33 bits per heavy atom. The van der Waals surface area contributed by atoms with E-state index in [9.17, 15) is 13.2 Å². The maximum Gasteiger partial charge on any atom is 0.243 e. The van der Waals surface area contributed by atoms with Crippen LogP contribution in [0.5, 0.6) is 0 Å². The van der Waals surface area contributed by atoms with Crippen LogP contribution >= 0.6 is 0 Å². The molecule has 0 fully saturated rings. The van der Waals surface area contributed by atoms with Crippen LogP contribution in [0.15, 0.2) is 54.6 Å². The first-order valence-electron chi connectivity index (χ1n) is 9.09. The number of amides is 1. The van der Waals surface area contributed by atoms with Crippen LogP contribution in [0.4, 0.5) is 5.69 Å². The molecule has 2 atom stereocenters. The van der Waals surface area contributed by atoms with Crippen molar-refractivity contribution in [1.82, 2.24) is 5.32 Å². The maximum atomic E-state index is 12.7. The van der Waals surface area contributed by atoms with E-state index in [0.29, 0.717) is 5.69 Å². The van der Waals surface area contributed by atoms with Gasteiger partial charge in [0, 0.05) is 6.04 Å². The van der Waals surface area contributed by atoms with Crippen LogP contribution in [0.1, 0.15) is 31.4 Å². The highest BCUT2D eigenvalue weighted by Gasteiger charge is 2.29. The first-order valence-corrected chi connectivity index (χ1v) is 10.9. The summed E-state index contributed by atoms with van der Waals surface area (Å²) < 4.78 is 25.8. The second-order valence-corrected chi connectivity index (χ2v) is 8.87.